The Hall–Kier alpha value is 1.05. The van der Waals surface area contributed by atoms with Crippen molar-refractivity contribution in [1.82, 2.24) is 0 Å². The van der Waals surface area contributed by atoms with Gasteiger partial charge in [-0.15, -0.1) is 0 Å². The average molecular weight is 210 g/mol. The molecule has 0 amide bonds. The predicted octanol–water partition coefficient (Wildman–Crippen LogP) is 3.09. The van der Waals surface area contributed by atoms with E-state index < -0.39 is 0 Å². The van der Waals surface area contributed by atoms with Gasteiger partial charge in [-0.2, -0.15) is 37.9 Å². The largest absolute Gasteiger partial charge is 0.175 e. The van der Waals surface area contributed by atoms with Crippen LogP contribution in [0.3, 0.4) is 0 Å². The van der Waals surface area contributed by atoms with Gasteiger partial charge in [0.25, 0.3) is 0 Å². The SMILES string of the molecule is CCCCC(S)C(S)C(C)S. The Morgan fingerprint density at radius 2 is 1.73 bits per heavy atom. The van der Waals surface area contributed by atoms with Crippen molar-refractivity contribution in [1.29, 1.82) is 0 Å². The van der Waals surface area contributed by atoms with E-state index in [2.05, 4.69) is 51.7 Å². The molecule has 0 aliphatic heterocycles. The van der Waals surface area contributed by atoms with Crippen LogP contribution in [0.25, 0.3) is 0 Å². The summed E-state index contributed by atoms with van der Waals surface area (Å²) in [5.74, 6) is 0. The van der Waals surface area contributed by atoms with E-state index in [9.17, 15) is 0 Å². The lowest BCUT2D eigenvalue weighted by Gasteiger charge is -2.20. The molecule has 0 saturated carbocycles. The topological polar surface area (TPSA) is 0 Å². The molecule has 68 valence electrons. The summed E-state index contributed by atoms with van der Waals surface area (Å²) >= 11 is 13.2. The molecule has 0 aromatic heterocycles. The Labute approximate surface area is 86.8 Å². The molecule has 0 aromatic carbocycles. The summed E-state index contributed by atoms with van der Waals surface area (Å²) in [5, 5.41) is 1.04. The van der Waals surface area contributed by atoms with Crippen molar-refractivity contribution in [3.63, 3.8) is 0 Å². The summed E-state index contributed by atoms with van der Waals surface area (Å²) < 4.78 is 0. The first-order valence-corrected chi connectivity index (χ1v) is 5.68. The van der Waals surface area contributed by atoms with Crippen LogP contribution in [0, 0.1) is 0 Å². The molecular weight excluding hydrogens is 192 g/mol. The fraction of sp³-hybridized carbons (Fsp3) is 1.00. The Bertz CT molecular complexity index is 93.3. The zero-order valence-corrected chi connectivity index (χ0v) is 9.88. The van der Waals surface area contributed by atoms with Crippen molar-refractivity contribution in [2.45, 2.75) is 48.9 Å². The molecule has 0 rings (SSSR count). The highest BCUT2D eigenvalue weighted by atomic mass is 32.1. The normalized spacial score (nSPS) is 19.4. The molecular formula is C8H18S3. The van der Waals surface area contributed by atoms with Crippen LogP contribution in [0.2, 0.25) is 0 Å². The van der Waals surface area contributed by atoms with Crippen LogP contribution in [0.4, 0.5) is 0 Å². The summed E-state index contributed by atoms with van der Waals surface area (Å²) in [7, 11) is 0. The van der Waals surface area contributed by atoms with E-state index >= 15 is 0 Å². The minimum Gasteiger partial charge on any atom is -0.175 e. The summed E-state index contributed by atoms with van der Waals surface area (Å²) in [6.07, 6.45) is 3.63. The quantitative estimate of drug-likeness (QED) is 0.571. The molecule has 0 saturated heterocycles. The Morgan fingerprint density at radius 3 is 2.09 bits per heavy atom. The van der Waals surface area contributed by atoms with E-state index in [1.54, 1.807) is 0 Å². The van der Waals surface area contributed by atoms with Crippen LogP contribution in [-0.2, 0) is 0 Å². The van der Waals surface area contributed by atoms with Crippen molar-refractivity contribution in [2.24, 2.45) is 0 Å². The zero-order valence-electron chi connectivity index (χ0n) is 7.20. The third kappa shape index (κ3) is 5.31. The third-order valence-electron chi connectivity index (χ3n) is 1.74. The van der Waals surface area contributed by atoms with Gasteiger partial charge in [-0.05, 0) is 6.42 Å². The van der Waals surface area contributed by atoms with Crippen molar-refractivity contribution in [3.05, 3.63) is 0 Å². The van der Waals surface area contributed by atoms with Gasteiger partial charge in [-0.3, -0.25) is 0 Å². The lowest BCUT2D eigenvalue weighted by atomic mass is 10.1. The van der Waals surface area contributed by atoms with E-state index in [4.69, 9.17) is 0 Å². The highest BCUT2D eigenvalue weighted by Gasteiger charge is 2.17. The van der Waals surface area contributed by atoms with Crippen LogP contribution in [0.15, 0.2) is 0 Å². The summed E-state index contributed by atoms with van der Waals surface area (Å²) in [6, 6.07) is 0. The van der Waals surface area contributed by atoms with E-state index in [-0.39, 0.29) is 0 Å². The van der Waals surface area contributed by atoms with E-state index in [0.29, 0.717) is 15.7 Å². The van der Waals surface area contributed by atoms with Gasteiger partial charge in [-0.25, -0.2) is 0 Å². The fourth-order valence-electron chi connectivity index (χ4n) is 0.906. The Kier molecular flexibility index (Phi) is 7.18. The maximum absolute atomic E-state index is 4.47. The van der Waals surface area contributed by atoms with Gasteiger partial charge < -0.3 is 0 Å². The Balaban J connectivity index is 3.55. The second-order valence-corrected chi connectivity index (χ2v) is 5.01. The maximum Gasteiger partial charge on any atom is 0.0247 e. The van der Waals surface area contributed by atoms with Gasteiger partial charge in [0, 0.05) is 15.7 Å². The van der Waals surface area contributed by atoms with E-state index in [1.165, 1.54) is 12.8 Å². The summed E-state index contributed by atoms with van der Waals surface area (Å²) in [6.45, 7) is 4.26. The van der Waals surface area contributed by atoms with Gasteiger partial charge in [0.15, 0.2) is 0 Å². The first-order valence-electron chi connectivity index (χ1n) is 4.13. The van der Waals surface area contributed by atoms with Crippen molar-refractivity contribution >= 4 is 37.9 Å². The molecule has 0 radical (unpaired) electrons. The molecule has 0 aliphatic carbocycles. The van der Waals surface area contributed by atoms with E-state index in [1.807, 2.05) is 0 Å². The van der Waals surface area contributed by atoms with Crippen LogP contribution < -0.4 is 0 Å². The van der Waals surface area contributed by atoms with Crippen molar-refractivity contribution in [2.75, 3.05) is 0 Å². The second-order valence-electron chi connectivity index (χ2n) is 2.94. The minimum atomic E-state index is 0.313. The molecule has 0 bridgehead atoms. The summed E-state index contributed by atoms with van der Waals surface area (Å²) in [4.78, 5) is 0. The zero-order chi connectivity index (χ0) is 8.85. The van der Waals surface area contributed by atoms with Crippen LogP contribution in [0.5, 0.6) is 0 Å². The molecule has 0 spiro atoms. The molecule has 0 N–H and O–H groups in total. The van der Waals surface area contributed by atoms with Crippen LogP contribution >= 0.6 is 37.9 Å². The summed E-state index contributed by atoms with van der Waals surface area (Å²) in [5.41, 5.74) is 0. The molecule has 3 atom stereocenters. The highest BCUT2D eigenvalue weighted by Crippen LogP contribution is 2.21. The smallest absolute Gasteiger partial charge is 0.0247 e. The van der Waals surface area contributed by atoms with Gasteiger partial charge in [-0.1, -0.05) is 26.7 Å². The second kappa shape index (κ2) is 6.55. The van der Waals surface area contributed by atoms with Crippen LogP contribution in [0.1, 0.15) is 33.1 Å². The lowest BCUT2D eigenvalue weighted by molar-refractivity contribution is 0.661. The number of thiol groups is 3. The highest BCUT2D eigenvalue weighted by molar-refractivity contribution is 7.87. The first kappa shape index (κ1) is 12.0. The monoisotopic (exact) mass is 210 g/mol. The molecule has 0 fully saturated rings. The van der Waals surface area contributed by atoms with Gasteiger partial charge >= 0.3 is 0 Å². The molecule has 0 nitrogen and oxygen atoms in total. The molecule has 3 unspecified atom stereocenters. The predicted molar refractivity (Wildman–Crippen MR) is 63.5 cm³/mol. The molecule has 0 aliphatic rings. The molecule has 3 heteroatoms. The average Bonchev–Trinajstić information content (AvgIpc) is 1.98. The molecule has 0 heterocycles. The van der Waals surface area contributed by atoms with E-state index in [0.717, 1.165) is 6.42 Å². The number of hydrogen-bond acceptors (Lipinski definition) is 3. The van der Waals surface area contributed by atoms with Crippen LogP contribution in [-0.4, -0.2) is 15.7 Å². The van der Waals surface area contributed by atoms with Gasteiger partial charge in [0.2, 0.25) is 0 Å². The van der Waals surface area contributed by atoms with Gasteiger partial charge in [0.1, 0.15) is 0 Å². The fourth-order valence-corrected chi connectivity index (χ4v) is 1.84. The lowest BCUT2D eigenvalue weighted by Crippen LogP contribution is -2.23. The number of hydrogen-bond donors (Lipinski definition) is 3. The number of unbranched alkanes of at least 4 members (excludes halogenated alkanes) is 1. The minimum absolute atomic E-state index is 0.313. The first-order chi connectivity index (χ1) is 5.09. The standard InChI is InChI=1S/C8H18S3/c1-3-4-5-7(10)8(11)6(2)9/h6-11H,3-5H2,1-2H3. The van der Waals surface area contributed by atoms with Crippen molar-refractivity contribution < 1.29 is 0 Å². The molecule has 11 heavy (non-hydrogen) atoms. The maximum atomic E-state index is 4.47. The Morgan fingerprint density at radius 1 is 1.18 bits per heavy atom. The van der Waals surface area contributed by atoms with Gasteiger partial charge in [0.05, 0.1) is 0 Å². The number of rotatable bonds is 5. The molecule has 0 aromatic rings. The third-order valence-corrected chi connectivity index (χ3v) is 3.92. The van der Waals surface area contributed by atoms with Crippen molar-refractivity contribution in [3.8, 4) is 0 Å².